The molecule has 3 nitrogen and oxygen atoms in total. The number of thioether (sulfide) groups is 1. The molecule has 8 heteroatoms. The van der Waals surface area contributed by atoms with Crippen LogP contribution in [-0.4, -0.2) is 14.7 Å². The van der Waals surface area contributed by atoms with Gasteiger partial charge in [0.1, 0.15) is 0 Å². The van der Waals surface area contributed by atoms with Crippen molar-refractivity contribution >= 4 is 27.5 Å². The molecular formula is C14H12F3NO2S2. The number of nitrogens with one attached hydrogen (secondary N) is 1. The Balaban J connectivity index is 2.39. The zero-order chi connectivity index (χ0) is 16.4. The third-order valence-electron chi connectivity index (χ3n) is 2.82. The van der Waals surface area contributed by atoms with Gasteiger partial charge in [-0.2, -0.15) is 13.2 Å². The molecule has 0 aromatic heterocycles. The summed E-state index contributed by atoms with van der Waals surface area (Å²) in [5, 5.41) is 0. The summed E-state index contributed by atoms with van der Waals surface area (Å²) >= 11 is 1.33. The number of para-hydroxylation sites is 1. The Morgan fingerprint density at radius 2 is 1.73 bits per heavy atom. The number of alkyl halides is 3. The van der Waals surface area contributed by atoms with Gasteiger partial charge in [-0.1, -0.05) is 18.2 Å². The summed E-state index contributed by atoms with van der Waals surface area (Å²) in [6.07, 6.45) is -2.82. The molecule has 0 saturated carbocycles. The van der Waals surface area contributed by atoms with Gasteiger partial charge >= 0.3 is 6.18 Å². The van der Waals surface area contributed by atoms with E-state index in [0.29, 0.717) is 16.6 Å². The summed E-state index contributed by atoms with van der Waals surface area (Å²) in [6, 6.07) is 10.3. The second kappa shape index (κ2) is 6.21. The van der Waals surface area contributed by atoms with Crippen molar-refractivity contribution in [3.63, 3.8) is 0 Å². The molecule has 0 aliphatic carbocycles. The predicted octanol–water partition coefficient (Wildman–Crippen LogP) is 4.23. The molecule has 0 bridgehead atoms. The fraction of sp³-hybridized carbons (Fsp3) is 0.143. The van der Waals surface area contributed by atoms with E-state index in [2.05, 4.69) is 4.72 Å². The van der Waals surface area contributed by atoms with Gasteiger partial charge in [0.2, 0.25) is 0 Å². The number of hydrogen-bond donors (Lipinski definition) is 1. The lowest BCUT2D eigenvalue weighted by Crippen LogP contribution is -2.15. The highest BCUT2D eigenvalue weighted by Crippen LogP contribution is 2.31. The highest BCUT2D eigenvalue weighted by atomic mass is 32.2. The van der Waals surface area contributed by atoms with Crippen LogP contribution in [-0.2, 0) is 16.2 Å². The van der Waals surface area contributed by atoms with Crippen LogP contribution in [0.1, 0.15) is 5.56 Å². The van der Waals surface area contributed by atoms with E-state index < -0.39 is 26.7 Å². The third-order valence-corrected chi connectivity index (χ3v) is 4.98. The van der Waals surface area contributed by atoms with Gasteiger partial charge in [-0.25, -0.2) is 8.42 Å². The standard InChI is InChI=1S/C14H12F3NO2S2/c1-21-13-8-3-2-7-12(13)18-22(19,20)11-6-4-5-10(9-11)14(15,16)17/h2-9,18H,1H3. The fourth-order valence-electron chi connectivity index (χ4n) is 1.77. The average Bonchev–Trinajstić information content (AvgIpc) is 2.47. The third kappa shape index (κ3) is 3.75. The normalized spacial score (nSPS) is 12.2. The van der Waals surface area contributed by atoms with Crippen LogP contribution in [0.15, 0.2) is 58.3 Å². The van der Waals surface area contributed by atoms with E-state index in [4.69, 9.17) is 0 Å². The monoisotopic (exact) mass is 347 g/mol. The van der Waals surface area contributed by atoms with Crippen molar-refractivity contribution in [1.29, 1.82) is 0 Å². The molecule has 0 aliphatic heterocycles. The topological polar surface area (TPSA) is 46.2 Å². The van der Waals surface area contributed by atoms with Gasteiger partial charge in [0, 0.05) is 4.90 Å². The second-order valence-corrected chi connectivity index (χ2v) is 6.86. The number of benzene rings is 2. The van der Waals surface area contributed by atoms with Crippen LogP contribution in [0.2, 0.25) is 0 Å². The Kier molecular flexibility index (Phi) is 4.72. The van der Waals surface area contributed by atoms with E-state index in [1.165, 1.54) is 11.8 Å². The maximum atomic E-state index is 12.7. The zero-order valence-corrected chi connectivity index (χ0v) is 13.0. The molecule has 0 heterocycles. The van der Waals surface area contributed by atoms with Crippen LogP contribution in [0.3, 0.4) is 0 Å². The van der Waals surface area contributed by atoms with Crippen molar-refractivity contribution in [1.82, 2.24) is 0 Å². The van der Waals surface area contributed by atoms with E-state index >= 15 is 0 Å². The van der Waals surface area contributed by atoms with Gasteiger partial charge in [0.15, 0.2) is 0 Å². The maximum absolute atomic E-state index is 12.7. The molecule has 118 valence electrons. The molecule has 0 unspecified atom stereocenters. The first kappa shape index (κ1) is 16.7. The Morgan fingerprint density at radius 1 is 1.05 bits per heavy atom. The van der Waals surface area contributed by atoms with E-state index in [9.17, 15) is 21.6 Å². The lowest BCUT2D eigenvalue weighted by atomic mass is 10.2. The number of halogens is 3. The maximum Gasteiger partial charge on any atom is 0.416 e. The van der Waals surface area contributed by atoms with Crippen molar-refractivity contribution in [2.75, 3.05) is 11.0 Å². The van der Waals surface area contributed by atoms with E-state index in [1.54, 1.807) is 30.5 Å². The summed E-state index contributed by atoms with van der Waals surface area (Å²) in [5.41, 5.74) is -0.680. The number of hydrogen-bond acceptors (Lipinski definition) is 3. The molecule has 0 amide bonds. The van der Waals surface area contributed by atoms with Crippen LogP contribution >= 0.6 is 11.8 Å². The minimum Gasteiger partial charge on any atom is -0.278 e. The molecule has 2 rings (SSSR count). The van der Waals surface area contributed by atoms with Crippen LogP contribution in [0, 0.1) is 0 Å². The van der Waals surface area contributed by atoms with Gasteiger partial charge in [-0.3, -0.25) is 4.72 Å². The predicted molar refractivity (Wildman–Crippen MR) is 80.5 cm³/mol. The van der Waals surface area contributed by atoms with Crippen LogP contribution < -0.4 is 4.72 Å². The van der Waals surface area contributed by atoms with Crippen LogP contribution in [0.4, 0.5) is 18.9 Å². The minimum absolute atomic E-state index is 0.326. The highest BCUT2D eigenvalue weighted by Gasteiger charge is 2.31. The van der Waals surface area contributed by atoms with Gasteiger partial charge in [0.05, 0.1) is 16.1 Å². The van der Waals surface area contributed by atoms with E-state index in [1.807, 2.05) is 0 Å². The quantitative estimate of drug-likeness (QED) is 0.842. The lowest BCUT2D eigenvalue weighted by Gasteiger charge is -2.13. The van der Waals surface area contributed by atoms with Crippen molar-refractivity contribution < 1.29 is 21.6 Å². The summed E-state index contributed by atoms with van der Waals surface area (Å²) in [6.45, 7) is 0. The number of anilines is 1. The first-order chi connectivity index (χ1) is 10.2. The molecule has 0 saturated heterocycles. The SMILES string of the molecule is CSc1ccccc1NS(=O)(=O)c1cccc(C(F)(F)F)c1. The summed E-state index contributed by atoms with van der Waals surface area (Å²) in [5.74, 6) is 0. The van der Waals surface area contributed by atoms with Crippen molar-refractivity contribution in [2.45, 2.75) is 16.0 Å². The Bertz CT molecular complexity index is 774. The Labute approximate surface area is 130 Å². The van der Waals surface area contributed by atoms with Gasteiger partial charge in [-0.15, -0.1) is 11.8 Å². The van der Waals surface area contributed by atoms with Gasteiger partial charge < -0.3 is 0 Å². The Morgan fingerprint density at radius 3 is 2.36 bits per heavy atom. The smallest absolute Gasteiger partial charge is 0.278 e. The molecule has 0 aliphatic rings. The molecule has 22 heavy (non-hydrogen) atoms. The molecule has 0 spiro atoms. The van der Waals surface area contributed by atoms with Crippen LogP contribution in [0.5, 0.6) is 0 Å². The fourth-order valence-corrected chi connectivity index (χ4v) is 3.52. The molecular weight excluding hydrogens is 335 g/mol. The molecule has 1 N–H and O–H groups in total. The van der Waals surface area contributed by atoms with E-state index in [0.717, 1.165) is 18.2 Å². The minimum atomic E-state index is -4.59. The summed E-state index contributed by atoms with van der Waals surface area (Å²) in [7, 11) is -4.09. The van der Waals surface area contributed by atoms with Crippen LogP contribution in [0.25, 0.3) is 0 Å². The molecule has 0 radical (unpaired) electrons. The zero-order valence-electron chi connectivity index (χ0n) is 11.4. The summed E-state index contributed by atoms with van der Waals surface area (Å²) in [4.78, 5) is 0.247. The van der Waals surface area contributed by atoms with E-state index in [-0.39, 0.29) is 0 Å². The molecule has 2 aromatic carbocycles. The first-order valence-corrected chi connectivity index (χ1v) is 8.78. The molecule has 0 fully saturated rings. The summed E-state index contributed by atoms with van der Waals surface area (Å²) < 4.78 is 64.9. The van der Waals surface area contributed by atoms with Gasteiger partial charge in [0.25, 0.3) is 10.0 Å². The number of rotatable bonds is 4. The van der Waals surface area contributed by atoms with Crippen molar-refractivity contribution in [3.05, 3.63) is 54.1 Å². The van der Waals surface area contributed by atoms with Gasteiger partial charge in [-0.05, 0) is 36.6 Å². The molecule has 2 aromatic rings. The van der Waals surface area contributed by atoms with Crippen molar-refractivity contribution in [2.24, 2.45) is 0 Å². The number of sulfonamides is 1. The van der Waals surface area contributed by atoms with Crippen molar-refractivity contribution in [3.8, 4) is 0 Å². The average molecular weight is 347 g/mol. The lowest BCUT2D eigenvalue weighted by molar-refractivity contribution is -0.137. The largest absolute Gasteiger partial charge is 0.416 e. The highest BCUT2D eigenvalue weighted by molar-refractivity contribution is 7.99. The first-order valence-electron chi connectivity index (χ1n) is 6.07. The second-order valence-electron chi connectivity index (χ2n) is 4.33. The molecule has 0 atom stereocenters. The Hall–Kier alpha value is -1.67.